The second-order valence-electron chi connectivity index (χ2n) is 13.8. The highest BCUT2D eigenvalue weighted by Gasteiger charge is 2.67. The van der Waals surface area contributed by atoms with Gasteiger partial charge >= 0.3 is 5.97 Å². The highest BCUT2D eigenvalue weighted by atomic mass is 16.5. The smallest absolute Gasteiger partial charge is 0.327 e. The Kier molecular flexibility index (Phi) is 9.95. The molecule has 1 aliphatic carbocycles. The number of ether oxygens (including phenoxy) is 5. The van der Waals surface area contributed by atoms with E-state index in [0.717, 1.165) is 21.5 Å². The molecule has 1 aliphatic rings. The van der Waals surface area contributed by atoms with Crippen LogP contribution in [0.2, 0.25) is 0 Å². The molecule has 6 aromatic carbocycles. The summed E-state index contributed by atoms with van der Waals surface area (Å²) in [6.45, 7) is 0. The van der Waals surface area contributed by atoms with E-state index in [0.29, 0.717) is 45.3 Å². The summed E-state index contributed by atoms with van der Waals surface area (Å²) >= 11 is 0. The van der Waals surface area contributed by atoms with Crippen LogP contribution in [0.1, 0.15) is 45.3 Å². The summed E-state index contributed by atoms with van der Waals surface area (Å²) in [5.41, 5.74) is -2.36. The number of aliphatic hydroxyl groups is 1. The van der Waals surface area contributed by atoms with Crippen molar-refractivity contribution in [3.8, 4) is 29.1 Å². The van der Waals surface area contributed by atoms with Crippen molar-refractivity contribution in [1.29, 1.82) is 5.26 Å². The van der Waals surface area contributed by atoms with Crippen LogP contribution in [0.25, 0.3) is 21.5 Å². The lowest BCUT2D eigenvalue weighted by Crippen LogP contribution is -2.59. The highest BCUT2D eigenvalue weighted by molar-refractivity contribution is 6.03. The Hall–Kier alpha value is -6.37. The summed E-state index contributed by atoms with van der Waals surface area (Å²) in [6, 6.07) is 39.0. The molecule has 1 fully saturated rings. The highest BCUT2D eigenvalue weighted by Crippen LogP contribution is 2.64. The molecule has 0 aliphatic heterocycles. The summed E-state index contributed by atoms with van der Waals surface area (Å²) in [5.74, 6) is -3.52. The van der Waals surface area contributed by atoms with Crippen LogP contribution in [0.5, 0.6) is 23.0 Å². The molecule has 0 amide bonds. The predicted octanol–water partition coefficient (Wildman–Crippen LogP) is 8.37. The van der Waals surface area contributed by atoms with Crippen molar-refractivity contribution < 1.29 is 38.4 Å². The van der Waals surface area contributed by atoms with Crippen molar-refractivity contribution in [2.45, 2.75) is 23.9 Å². The average Bonchev–Trinajstić information content (AvgIpc) is 3.24. The first-order chi connectivity index (χ1) is 26.7. The van der Waals surface area contributed by atoms with Crippen LogP contribution in [0, 0.1) is 22.7 Å². The minimum Gasteiger partial charge on any atom is -0.493 e. The van der Waals surface area contributed by atoms with E-state index in [2.05, 4.69) is 6.07 Å². The third kappa shape index (κ3) is 6.09. The molecular weight excluding hydrogens is 695 g/mol. The summed E-state index contributed by atoms with van der Waals surface area (Å²) in [7, 11) is 7.22. The number of hydrogen-bond donors (Lipinski definition) is 1. The van der Waals surface area contributed by atoms with Crippen LogP contribution < -0.4 is 18.9 Å². The molecule has 6 aromatic rings. The Bertz CT molecular complexity index is 2470. The fraction of sp³-hybridized carbons (Fsp3) is 0.239. The fourth-order valence-corrected chi connectivity index (χ4v) is 8.58. The van der Waals surface area contributed by atoms with Crippen LogP contribution in [-0.4, -0.2) is 52.4 Å². The molecule has 278 valence electrons. The first-order valence-corrected chi connectivity index (χ1v) is 17.9. The molecule has 5 unspecified atom stereocenters. The number of methoxy groups -OCH3 is 5. The molecule has 55 heavy (non-hydrogen) atoms. The zero-order chi connectivity index (χ0) is 38.9. The van der Waals surface area contributed by atoms with Crippen molar-refractivity contribution >= 4 is 33.3 Å². The number of esters is 1. The zero-order valence-electron chi connectivity index (χ0n) is 31.2. The monoisotopic (exact) mass is 735 g/mol. The lowest BCUT2D eigenvalue weighted by atomic mass is 9.47. The molecule has 1 N–H and O–H groups in total. The van der Waals surface area contributed by atoms with Gasteiger partial charge < -0.3 is 28.8 Å². The fourth-order valence-electron chi connectivity index (χ4n) is 8.58. The molecule has 0 bridgehead atoms. The SMILES string of the molecule is COC(=O)C1(C#N)C(c2ccc(OC)c(OC)c2)CC(O)(c2ccc3ccccc3c2)C(C(=O)c2ccc3ccccc3c2)C1c1ccc(OC)c(OC)c1. The van der Waals surface area contributed by atoms with Crippen molar-refractivity contribution in [1.82, 2.24) is 0 Å². The van der Waals surface area contributed by atoms with Gasteiger partial charge in [-0.1, -0.05) is 84.9 Å². The molecular formula is C46H41NO8. The first kappa shape index (κ1) is 37.0. The van der Waals surface area contributed by atoms with Gasteiger partial charge in [0, 0.05) is 17.4 Å². The largest absolute Gasteiger partial charge is 0.493 e. The number of fused-ring (bicyclic) bond motifs is 2. The van der Waals surface area contributed by atoms with Gasteiger partial charge in [-0.25, -0.2) is 0 Å². The van der Waals surface area contributed by atoms with Crippen LogP contribution in [0.15, 0.2) is 121 Å². The molecule has 0 aromatic heterocycles. The van der Waals surface area contributed by atoms with Crippen molar-refractivity contribution in [2.75, 3.05) is 35.5 Å². The quantitative estimate of drug-likeness (QED) is 0.109. The van der Waals surface area contributed by atoms with Gasteiger partial charge in [0.2, 0.25) is 0 Å². The third-order valence-electron chi connectivity index (χ3n) is 11.3. The van der Waals surface area contributed by atoms with Crippen LogP contribution in [-0.2, 0) is 15.1 Å². The maximum atomic E-state index is 15.6. The molecule has 1 saturated carbocycles. The van der Waals surface area contributed by atoms with E-state index >= 15 is 4.79 Å². The van der Waals surface area contributed by atoms with Gasteiger partial charge in [0.1, 0.15) is 5.60 Å². The number of benzene rings is 6. The van der Waals surface area contributed by atoms with Gasteiger partial charge in [-0.15, -0.1) is 0 Å². The molecule has 0 saturated heterocycles. The van der Waals surface area contributed by atoms with E-state index in [1.54, 1.807) is 48.5 Å². The van der Waals surface area contributed by atoms with Gasteiger partial charge in [0.15, 0.2) is 34.2 Å². The minimum atomic E-state index is -2.08. The van der Waals surface area contributed by atoms with Crippen LogP contribution >= 0.6 is 0 Å². The second kappa shape index (κ2) is 14.8. The van der Waals surface area contributed by atoms with E-state index in [4.69, 9.17) is 23.7 Å². The topological polar surface area (TPSA) is 124 Å². The van der Waals surface area contributed by atoms with Gasteiger partial charge in [0.25, 0.3) is 0 Å². The average molecular weight is 736 g/mol. The number of ketones is 1. The molecule has 9 heteroatoms. The van der Waals surface area contributed by atoms with Gasteiger partial charge in [-0.3, -0.25) is 9.59 Å². The Balaban J connectivity index is 1.60. The first-order valence-electron chi connectivity index (χ1n) is 17.9. The lowest BCUT2D eigenvalue weighted by Gasteiger charge is -2.54. The maximum Gasteiger partial charge on any atom is 0.327 e. The number of carbonyl (C=O) groups excluding carboxylic acids is 2. The Morgan fingerprint density at radius 2 is 1.16 bits per heavy atom. The molecule has 5 atom stereocenters. The minimum absolute atomic E-state index is 0.211. The molecule has 7 rings (SSSR count). The van der Waals surface area contributed by atoms with Crippen molar-refractivity contribution in [3.05, 3.63) is 144 Å². The molecule has 0 heterocycles. The Labute approximate surface area is 319 Å². The van der Waals surface area contributed by atoms with Gasteiger partial charge in [-0.2, -0.15) is 5.26 Å². The van der Waals surface area contributed by atoms with E-state index < -0.39 is 40.5 Å². The number of hydrogen-bond acceptors (Lipinski definition) is 9. The number of carbonyl (C=O) groups is 2. The van der Waals surface area contributed by atoms with Crippen molar-refractivity contribution in [2.24, 2.45) is 11.3 Å². The van der Waals surface area contributed by atoms with Gasteiger partial charge in [0.05, 0.1) is 47.5 Å². The van der Waals surface area contributed by atoms with Gasteiger partial charge in [-0.05, 0) is 81.1 Å². The number of Topliss-reactive ketones (excluding diaryl/α,β-unsaturated/α-hetero) is 1. The standard InChI is InChI=1S/C46H41NO8/c1-51-37-20-17-32(24-39(37)53-3)36-26-46(50,35-19-16-29-11-7-9-13-31(29)23-35)42(43(48)34-15-14-28-10-6-8-12-30(28)22-34)41(45(36,27-47)44(49)55-5)33-18-21-38(52-2)40(25-33)54-4/h6-25,36,41-42,50H,26H2,1-5H3. The summed E-state index contributed by atoms with van der Waals surface area (Å²) in [4.78, 5) is 30.3. The predicted molar refractivity (Wildman–Crippen MR) is 209 cm³/mol. The van der Waals surface area contributed by atoms with E-state index in [1.165, 1.54) is 35.5 Å². The summed E-state index contributed by atoms with van der Waals surface area (Å²) < 4.78 is 28.1. The normalized spacial score (nSPS) is 22.0. The molecule has 0 spiro atoms. The van der Waals surface area contributed by atoms with Crippen molar-refractivity contribution in [3.63, 3.8) is 0 Å². The zero-order valence-corrected chi connectivity index (χ0v) is 31.2. The van der Waals surface area contributed by atoms with Crippen LogP contribution in [0.3, 0.4) is 0 Å². The summed E-state index contributed by atoms with van der Waals surface area (Å²) in [5, 5.41) is 28.9. The molecule has 9 nitrogen and oxygen atoms in total. The third-order valence-corrected chi connectivity index (χ3v) is 11.3. The molecule has 0 radical (unpaired) electrons. The Morgan fingerprint density at radius 1 is 0.636 bits per heavy atom. The number of nitrogens with zero attached hydrogens (tertiary/aromatic N) is 1. The second-order valence-corrected chi connectivity index (χ2v) is 13.8. The number of nitriles is 1. The van der Waals surface area contributed by atoms with E-state index in [-0.39, 0.29) is 6.42 Å². The number of rotatable bonds is 10. The van der Waals surface area contributed by atoms with E-state index in [9.17, 15) is 15.2 Å². The Morgan fingerprint density at radius 3 is 1.73 bits per heavy atom. The van der Waals surface area contributed by atoms with Crippen LogP contribution in [0.4, 0.5) is 0 Å². The van der Waals surface area contributed by atoms with E-state index in [1.807, 2.05) is 72.8 Å². The lowest BCUT2D eigenvalue weighted by molar-refractivity contribution is -0.162. The maximum absolute atomic E-state index is 15.6. The summed E-state index contributed by atoms with van der Waals surface area (Å²) in [6.07, 6.45) is -0.211.